The number of carbonyl (C=O) groups excluding carboxylic acids is 5. The molecule has 0 fully saturated rings. The van der Waals surface area contributed by atoms with Crippen LogP contribution in [0.3, 0.4) is 0 Å². The van der Waals surface area contributed by atoms with Crippen LogP contribution in [0, 0.1) is 0 Å². The molecule has 0 aliphatic heterocycles. The average Bonchev–Trinajstić information content (AvgIpc) is 2.47. The number of carbonyl (C=O) groups is 5. The van der Waals surface area contributed by atoms with E-state index in [4.69, 9.17) is 9.84 Å². The van der Waals surface area contributed by atoms with Crippen molar-refractivity contribution in [3.8, 4) is 0 Å². The number of aliphatic hydroxyl groups excluding tert-OH is 3. The first kappa shape index (κ1) is 21.8. The molecule has 0 radical (unpaired) electrons. The lowest BCUT2D eigenvalue weighted by Crippen LogP contribution is -2.70. The number of esters is 1. The van der Waals surface area contributed by atoms with Gasteiger partial charge in [-0.1, -0.05) is 0 Å². The molecule has 0 aromatic carbocycles. The third kappa shape index (κ3) is 4.66. The van der Waals surface area contributed by atoms with Gasteiger partial charge in [0.05, 0.1) is 6.61 Å². The standard InChI is InChI=1S/C14H21NO9/c1-6(17)11(22)12(15-8(3)19)14(7(2)18,24-9(4)20)13(23)10(21)5-16/h10,12-13,16,21,23H,5H2,1-4H3,(H,15,19)/t10-,12+,13-,14-/m1/s1. The van der Waals surface area contributed by atoms with Crippen LogP contribution in [0.15, 0.2) is 0 Å². The molecule has 4 atom stereocenters. The van der Waals surface area contributed by atoms with Crippen molar-refractivity contribution in [1.29, 1.82) is 0 Å². The van der Waals surface area contributed by atoms with Gasteiger partial charge in [-0.15, -0.1) is 0 Å². The lowest BCUT2D eigenvalue weighted by molar-refractivity contribution is -0.196. The van der Waals surface area contributed by atoms with E-state index in [9.17, 15) is 34.2 Å². The van der Waals surface area contributed by atoms with E-state index >= 15 is 0 Å². The Kier molecular flexibility index (Phi) is 7.84. The number of rotatable bonds is 9. The Balaban J connectivity index is 6.49. The maximum absolute atomic E-state index is 12.2. The van der Waals surface area contributed by atoms with Crippen LogP contribution in [0.2, 0.25) is 0 Å². The minimum absolute atomic E-state index is 0.832. The molecule has 0 aromatic rings. The Bertz CT molecular complexity index is 544. The number of ketones is 3. The fourth-order valence-corrected chi connectivity index (χ4v) is 2.17. The molecule has 0 aromatic heterocycles. The quantitative estimate of drug-likeness (QED) is 0.255. The Labute approximate surface area is 137 Å². The van der Waals surface area contributed by atoms with Crippen LogP contribution in [0.1, 0.15) is 27.7 Å². The van der Waals surface area contributed by atoms with E-state index in [2.05, 4.69) is 0 Å². The van der Waals surface area contributed by atoms with Gasteiger partial charge in [0.25, 0.3) is 0 Å². The van der Waals surface area contributed by atoms with Gasteiger partial charge >= 0.3 is 5.97 Å². The van der Waals surface area contributed by atoms with Gasteiger partial charge in [-0.25, -0.2) is 0 Å². The molecule has 0 aliphatic rings. The number of aliphatic hydroxyl groups is 3. The Morgan fingerprint density at radius 2 is 1.54 bits per heavy atom. The highest BCUT2D eigenvalue weighted by Crippen LogP contribution is 2.27. The first-order chi connectivity index (χ1) is 10.9. The summed E-state index contributed by atoms with van der Waals surface area (Å²) in [4.78, 5) is 58.6. The molecule has 10 nitrogen and oxygen atoms in total. The van der Waals surface area contributed by atoms with E-state index in [-0.39, 0.29) is 0 Å². The summed E-state index contributed by atoms with van der Waals surface area (Å²) in [5.41, 5.74) is -2.79. The van der Waals surface area contributed by atoms with Crippen molar-refractivity contribution in [2.24, 2.45) is 0 Å². The number of amides is 1. The molecule has 0 rings (SSSR count). The monoisotopic (exact) mass is 347 g/mol. The molecule has 4 N–H and O–H groups in total. The molecule has 0 spiro atoms. The minimum Gasteiger partial charge on any atom is -0.446 e. The molecule has 1 amide bonds. The fraction of sp³-hybridized carbons (Fsp3) is 0.643. The summed E-state index contributed by atoms with van der Waals surface area (Å²) in [6.07, 6.45) is -4.28. The van der Waals surface area contributed by atoms with Crippen molar-refractivity contribution in [2.45, 2.75) is 51.5 Å². The number of hydrogen-bond acceptors (Lipinski definition) is 9. The van der Waals surface area contributed by atoms with Crippen LogP contribution >= 0.6 is 0 Å². The predicted molar refractivity (Wildman–Crippen MR) is 77.6 cm³/mol. The van der Waals surface area contributed by atoms with E-state index in [1.54, 1.807) is 0 Å². The number of hydrogen-bond donors (Lipinski definition) is 4. The van der Waals surface area contributed by atoms with Crippen molar-refractivity contribution in [3.63, 3.8) is 0 Å². The summed E-state index contributed by atoms with van der Waals surface area (Å²) in [7, 11) is 0. The van der Waals surface area contributed by atoms with Gasteiger partial charge in [0.1, 0.15) is 18.2 Å². The Hall–Kier alpha value is -2.17. The fourth-order valence-electron chi connectivity index (χ4n) is 2.17. The smallest absolute Gasteiger partial charge is 0.303 e. The largest absolute Gasteiger partial charge is 0.446 e. The average molecular weight is 347 g/mol. The maximum Gasteiger partial charge on any atom is 0.303 e. The topological polar surface area (TPSA) is 167 Å². The van der Waals surface area contributed by atoms with Crippen LogP contribution in [-0.4, -0.2) is 75.0 Å². The first-order valence-corrected chi connectivity index (χ1v) is 6.91. The molecular weight excluding hydrogens is 326 g/mol. The summed E-state index contributed by atoms with van der Waals surface area (Å²) in [5.74, 6) is -5.52. The molecule has 136 valence electrons. The summed E-state index contributed by atoms with van der Waals surface area (Å²) in [6.45, 7) is 2.47. The Morgan fingerprint density at radius 1 is 1.04 bits per heavy atom. The van der Waals surface area contributed by atoms with Gasteiger partial charge in [0.2, 0.25) is 17.3 Å². The third-order valence-corrected chi connectivity index (χ3v) is 3.24. The zero-order valence-electron chi connectivity index (χ0n) is 13.7. The second-order valence-electron chi connectivity index (χ2n) is 5.19. The maximum atomic E-state index is 12.2. The highest BCUT2D eigenvalue weighted by Gasteiger charge is 2.58. The third-order valence-electron chi connectivity index (χ3n) is 3.24. The minimum atomic E-state index is -2.79. The zero-order chi connectivity index (χ0) is 19.2. The SMILES string of the molecule is CC(=O)N[C@@H](C(=O)C(C)=O)[C@](OC(C)=O)(C(C)=O)[C@H](O)[C@H](O)CO. The molecule has 0 saturated carbocycles. The van der Waals surface area contributed by atoms with Crippen molar-refractivity contribution in [1.82, 2.24) is 5.32 Å². The van der Waals surface area contributed by atoms with Crippen LogP contribution in [-0.2, 0) is 28.7 Å². The van der Waals surface area contributed by atoms with Gasteiger partial charge in [-0.05, 0) is 6.92 Å². The molecular formula is C14H21NO9. The van der Waals surface area contributed by atoms with Crippen LogP contribution < -0.4 is 5.32 Å². The number of nitrogens with one attached hydrogen (secondary N) is 1. The molecule has 10 heteroatoms. The summed E-state index contributed by atoms with van der Waals surface area (Å²) >= 11 is 0. The zero-order valence-corrected chi connectivity index (χ0v) is 13.7. The van der Waals surface area contributed by atoms with E-state index in [0.29, 0.717) is 0 Å². The number of Topliss-reactive ketones (excluding diaryl/α,β-unsaturated/α-hetero) is 3. The second kappa shape index (κ2) is 8.62. The lowest BCUT2D eigenvalue weighted by atomic mass is 9.79. The number of ether oxygens (including phenoxy) is 1. The summed E-state index contributed by atoms with van der Waals surface area (Å²) in [5, 5.41) is 30.9. The second-order valence-corrected chi connectivity index (χ2v) is 5.19. The molecule has 0 saturated heterocycles. The van der Waals surface area contributed by atoms with E-state index < -0.39 is 59.7 Å². The van der Waals surface area contributed by atoms with E-state index in [1.165, 1.54) is 0 Å². The predicted octanol–water partition coefficient (Wildman–Crippen LogP) is -2.75. The van der Waals surface area contributed by atoms with E-state index in [1.807, 2.05) is 5.32 Å². The van der Waals surface area contributed by atoms with Crippen molar-refractivity contribution in [2.75, 3.05) is 6.61 Å². The van der Waals surface area contributed by atoms with Gasteiger partial charge in [0.15, 0.2) is 11.6 Å². The normalized spacial score (nSPS) is 17.0. The molecule has 24 heavy (non-hydrogen) atoms. The van der Waals surface area contributed by atoms with Gasteiger partial charge in [-0.2, -0.15) is 0 Å². The van der Waals surface area contributed by atoms with Crippen molar-refractivity contribution >= 4 is 29.2 Å². The van der Waals surface area contributed by atoms with Crippen LogP contribution in [0.25, 0.3) is 0 Å². The van der Waals surface area contributed by atoms with Crippen LogP contribution in [0.5, 0.6) is 0 Å². The van der Waals surface area contributed by atoms with Crippen molar-refractivity contribution in [3.05, 3.63) is 0 Å². The molecule has 0 aliphatic carbocycles. The molecule has 0 heterocycles. The summed E-state index contributed by atoms with van der Waals surface area (Å²) in [6, 6.07) is -2.08. The highest BCUT2D eigenvalue weighted by atomic mass is 16.6. The van der Waals surface area contributed by atoms with Gasteiger partial charge in [0, 0.05) is 20.8 Å². The Morgan fingerprint density at radius 3 is 1.83 bits per heavy atom. The summed E-state index contributed by atoms with van der Waals surface area (Å²) < 4.78 is 4.82. The first-order valence-electron chi connectivity index (χ1n) is 6.91. The van der Waals surface area contributed by atoms with Gasteiger partial charge in [-0.3, -0.25) is 24.0 Å². The lowest BCUT2D eigenvalue weighted by Gasteiger charge is -2.41. The molecule has 0 unspecified atom stereocenters. The van der Waals surface area contributed by atoms with Gasteiger partial charge < -0.3 is 25.4 Å². The van der Waals surface area contributed by atoms with Crippen LogP contribution in [0.4, 0.5) is 0 Å². The van der Waals surface area contributed by atoms with E-state index in [0.717, 1.165) is 27.7 Å². The van der Waals surface area contributed by atoms with Crippen molar-refractivity contribution < 1.29 is 44.0 Å². The highest BCUT2D eigenvalue weighted by molar-refractivity contribution is 6.39. The molecule has 0 bridgehead atoms.